The Morgan fingerprint density at radius 2 is 2.00 bits per heavy atom. The molecule has 0 atom stereocenters. The number of aryl methyl sites for hydroxylation is 1. The monoisotopic (exact) mass is 216 g/mol. The number of rotatable bonds is 4. The highest BCUT2D eigenvalue weighted by Gasteiger charge is 1.94. The van der Waals surface area contributed by atoms with E-state index in [0.29, 0.717) is 6.54 Å². The molecule has 0 bridgehead atoms. The lowest BCUT2D eigenvalue weighted by Crippen LogP contribution is -2.27. The molecule has 0 radical (unpaired) electrons. The average molecular weight is 216 g/mol. The Morgan fingerprint density at radius 3 is 2.56 bits per heavy atom. The highest BCUT2D eigenvalue weighted by molar-refractivity contribution is 5.79. The van der Waals surface area contributed by atoms with Crippen LogP contribution in [0.2, 0.25) is 0 Å². The minimum absolute atomic E-state index is 0.174. The van der Waals surface area contributed by atoms with Crippen LogP contribution in [-0.4, -0.2) is 12.5 Å². The topological polar surface area (TPSA) is 74.2 Å². The summed E-state index contributed by atoms with van der Waals surface area (Å²) in [7, 11) is 0. The van der Waals surface area contributed by atoms with E-state index in [1.807, 2.05) is 0 Å². The van der Waals surface area contributed by atoms with Crippen LogP contribution in [0.4, 0.5) is 0 Å². The Kier molecular flexibility index (Phi) is 4.87. The standard InChI is InChI=1S/C12H16N4/c1-2-10-3-5-11(6-4-10)7-8-15-12(14)16-9-13/h3-6H,2,7-8H2,1H3,(H3,14,15,16). The summed E-state index contributed by atoms with van der Waals surface area (Å²) in [5, 5.41) is 10.6. The van der Waals surface area contributed by atoms with E-state index in [2.05, 4.69) is 41.5 Å². The minimum Gasteiger partial charge on any atom is -0.369 e. The molecule has 0 heterocycles. The summed E-state index contributed by atoms with van der Waals surface area (Å²) >= 11 is 0. The zero-order chi connectivity index (χ0) is 11.8. The second-order valence-corrected chi connectivity index (χ2v) is 3.42. The van der Waals surface area contributed by atoms with Gasteiger partial charge < -0.3 is 5.73 Å². The third-order valence-electron chi connectivity index (χ3n) is 2.30. The lowest BCUT2D eigenvalue weighted by Gasteiger charge is -2.01. The highest BCUT2D eigenvalue weighted by atomic mass is 15.1. The van der Waals surface area contributed by atoms with Crippen molar-refractivity contribution in [2.45, 2.75) is 19.8 Å². The molecule has 4 nitrogen and oxygen atoms in total. The molecular weight excluding hydrogens is 200 g/mol. The van der Waals surface area contributed by atoms with Crippen molar-refractivity contribution in [3.05, 3.63) is 35.4 Å². The number of aliphatic imine (C=N–C) groups is 1. The molecule has 1 aromatic rings. The van der Waals surface area contributed by atoms with Gasteiger partial charge in [0.05, 0.1) is 0 Å². The highest BCUT2D eigenvalue weighted by Crippen LogP contribution is 2.05. The lowest BCUT2D eigenvalue weighted by molar-refractivity contribution is 0.951. The summed E-state index contributed by atoms with van der Waals surface area (Å²) < 4.78 is 0. The van der Waals surface area contributed by atoms with E-state index in [9.17, 15) is 0 Å². The fourth-order valence-corrected chi connectivity index (χ4v) is 1.34. The molecule has 0 spiro atoms. The third kappa shape index (κ3) is 4.01. The van der Waals surface area contributed by atoms with Gasteiger partial charge in [-0.2, -0.15) is 5.26 Å². The number of nitriles is 1. The average Bonchev–Trinajstić information content (AvgIpc) is 2.30. The van der Waals surface area contributed by atoms with Crippen LogP contribution in [0.25, 0.3) is 0 Å². The molecule has 0 amide bonds. The van der Waals surface area contributed by atoms with Crippen molar-refractivity contribution in [3.63, 3.8) is 0 Å². The normalized spacial score (nSPS) is 10.9. The van der Waals surface area contributed by atoms with Crippen molar-refractivity contribution in [1.82, 2.24) is 5.32 Å². The van der Waals surface area contributed by atoms with E-state index < -0.39 is 0 Å². The number of nitrogens with one attached hydrogen (secondary N) is 1. The lowest BCUT2D eigenvalue weighted by atomic mass is 10.1. The van der Waals surface area contributed by atoms with Gasteiger partial charge in [-0.15, -0.1) is 0 Å². The van der Waals surface area contributed by atoms with Gasteiger partial charge in [-0.25, -0.2) is 0 Å². The van der Waals surface area contributed by atoms with Crippen LogP contribution in [0.5, 0.6) is 0 Å². The Morgan fingerprint density at radius 1 is 1.38 bits per heavy atom. The van der Waals surface area contributed by atoms with E-state index in [1.165, 1.54) is 11.1 Å². The van der Waals surface area contributed by atoms with Crippen LogP contribution < -0.4 is 11.1 Å². The van der Waals surface area contributed by atoms with Gasteiger partial charge in [0.15, 0.2) is 6.19 Å². The Hall–Kier alpha value is -2.02. The van der Waals surface area contributed by atoms with Gasteiger partial charge in [0.2, 0.25) is 5.96 Å². The van der Waals surface area contributed by atoms with Gasteiger partial charge >= 0.3 is 0 Å². The zero-order valence-electron chi connectivity index (χ0n) is 9.40. The second kappa shape index (κ2) is 6.46. The molecule has 0 aliphatic heterocycles. The molecule has 0 aromatic heterocycles. The Labute approximate surface area is 95.8 Å². The van der Waals surface area contributed by atoms with Crippen molar-refractivity contribution < 1.29 is 0 Å². The van der Waals surface area contributed by atoms with Crippen molar-refractivity contribution in [2.75, 3.05) is 6.54 Å². The quantitative estimate of drug-likeness (QED) is 0.343. The van der Waals surface area contributed by atoms with Gasteiger partial charge in [-0.3, -0.25) is 10.3 Å². The second-order valence-electron chi connectivity index (χ2n) is 3.42. The van der Waals surface area contributed by atoms with Crippen molar-refractivity contribution >= 4 is 5.96 Å². The first-order valence-corrected chi connectivity index (χ1v) is 5.29. The first kappa shape index (κ1) is 12.1. The fourth-order valence-electron chi connectivity index (χ4n) is 1.34. The molecule has 0 saturated carbocycles. The van der Waals surface area contributed by atoms with E-state index in [0.717, 1.165) is 12.8 Å². The van der Waals surface area contributed by atoms with Crippen LogP contribution in [0.1, 0.15) is 18.1 Å². The minimum atomic E-state index is 0.174. The molecule has 16 heavy (non-hydrogen) atoms. The van der Waals surface area contributed by atoms with E-state index >= 15 is 0 Å². The van der Waals surface area contributed by atoms with Gasteiger partial charge in [0, 0.05) is 6.54 Å². The van der Waals surface area contributed by atoms with E-state index in [4.69, 9.17) is 11.0 Å². The summed E-state index contributed by atoms with van der Waals surface area (Å²) in [6.07, 6.45) is 3.61. The summed E-state index contributed by atoms with van der Waals surface area (Å²) in [5.41, 5.74) is 7.97. The largest absolute Gasteiger partial charge is 0.369 e. The molecule has 4 heteroatoms. The number of guanidine groups is 1. The molecule has 0 saturated heterocycles. The Bertz CT molecular complexity index is 386. The predicted molar refractivity (Wildman–Crippen MR) is 64.8 cm³/mol. The zero-order valence-corrected chi connectivity index (χ0v) is 9.40. The van der Waals surface area contributed by atoms with Crippen molar-refractivity contribution in [1.29, 1.82) is 5.26 Å². The fraction of sp³-hybridized carbons (Fsp3) is 0.333. The van der Waals surface area contributed by atoms with Gasteiger partial charge in [0.25, 0.3) is 0 Å². The maximum absolute atomic E-state index is 8.29. The smallest absolute Gasteiger partial charge is 0.202 e. The van der Waals surface area contributed by atoms with Crippen LogP contribution in [0.15, 0.2) is 29.3 Å². The first-order chi connectivity index (χ1) is 7.76. The van der Waals surface area contributed by atoms with Gasteiger partial charge in [0.1, 0.15) is 0 Å². The maximum atomic E-state index is 8.29. The molecule has 84 valence electrons. The number of benzene rings is 1. The van der Waals surface area contributed by atoms with Crippen LogP contribution in [0.3, 0.4) is 0 Å². The van der Waals surface area contributed by atoms with Crippen LogP contribution >= 0.6 is 0 Å². The predicted octanol–water partition coefficient (Wildman–Crippen LogP) is 1.18. The molecular formula is C12H16N4. The van der Waals surface area contributed by atoms with Crippen molar-refractivity contribution in [2.24, 2.45) is 10.7 Å². The molecule has 0 unspecified atom stereocenters. The van der Waals surface area contributed by atoms with Gasteiger partial charge in [-0.05, 0) is 24.0 Å². The summed E-state index contributed by atoms with van der Waals surface area (Å²) in [5.74, 6) is 0.174. The van der Waals surface area contributed by atoms with E-state index in [1.54, 1.807) is 6.19 Å². The third-order valence-corrected chi connectivity index (χ3v) is 2.30. The van der Waals surface area contributed by atoms with Crippen LogP contribution in [0, 0.1) is 11.5 Å². The summed E-state index contributed by atoms with van der Waals surface area (Å²) in [6.45, 7) is 2.72. The van der Waals surface area contributed by atoms with Crippen molar-refractivity contribution in [3.8, 4) is 6.19 Å². The SMILES string of the molecule is CCc1ccc(CCN=C(N)NC#N)cc1. The molecule has 0 aliphatic carbocycles. The van der Waals surface area contributed by atoms with E-state index in [-0.39, 0.29) is 5.96 Å². The number of nitrogens with two attached hydrogens (primary N) is 1. The molecule has 0 fully saturated rings. The molecule has 3 N–H and O–H groups in total. The van der Waals surface area contributed by atoms with Gasteiger partial charge in [-0.1, -0.05) is 31.2 Å². The number of hydrogen-bond donors (Lipinski definition) is 2. The Balaban J connectivity index is 2.43. The first-order valence-electron chi connectivity index (χ1n) is 5.29. The molecule has 0 aliphatic rings. The maximum Gasteiger partial charge on any atom is 0.202 e. The van der Waals surface area contributed by atoms with Crippen LogP contribution in [-0.2, 0) is 12.8 Å². The number of hydrogen-bond acceptors (Lipinski definition) is 2. The summed E-state index contributed by atoms with van der Waals surface area (Å²) in [6, 6.07) is 8.44. The summed E-state index contributed by atoms with van der Waals surface area (Å²) in [4.78, 5) is 4.01. The molecule has 1 aromatic carbocycles. The molecule has 1 rings (SSSR count). The number of nitrogens with zero attached hydrogens (tertiary/aromatic N) is 2.